The molecule has 0 saturated carbocycles. The van der Waals surface area contributed by atoms with Crippen LogP contribution in [0.1, 0.15) is 26.3 Å². The number of nitrogens with zero attached hydrogens (tertiary/aromatic N) is 1. The van der Waals surface area contributed by atoms with Crippen LogP contribution >= 0.6 is 15.9 Å². The lowest BCUT2D eigenvalue weighted by atomic mass is 10.1. The second kappa shape index (κ2) is 8.69. The van der Waals surface area contributed by atoms with Gasteiger partial charge in [0.25, 0.3) is 0 Å². The fraction of sp³-hybridized carbons (Fsp3) is 0.250. The van der Waals surface area contributed by atoms with Crippen LogP contribution in [-0.4, -0.2) is 23.5 Å². The zero-order valence-corrected chi connectivity index (χ0v) is 15.9. The van der Waals surface area contributed by atoms with E-state index in [1.165, 1.54) is 0 Å². The van der Waals surface area contributed by atoms with Crippen molar-refractivity contribution in [1.29, 1.82) is 0 Å². The summed E-state index contributed by atoms with van der Waals surface area (Å²) < 4.78 is 0.941. The Kier molecular flexibility index (Phi) is 6.62. The normalized spacial score (nSPS) is 11.5. The first-order valence-electron chi connectivity index (χ1n) is 8.01. The molecule has 1 N–H and O–H groups in total. The molecule has 0 aliphatic carbocycles. The Morgan fingerprint density at radius 1 is 1.17 bits per heavy atom. The van der Waals surface area contributed by atoms with Crippen LogP contribution in [0.15, 0.2) is 64.6 Å². The Labute approximate surface area is 152 Å². The number of carbonyl (C=O) groups excluding carboxylic acids is 1. The van der Waals surface area contributed by atoms with Crippen molar-refractivity contribution in [2.75, 3.05) is 11.9 Å². The molecule has 2 rings (SSSR count). The Bertz CT molecular complexity index is 711. The Morgan fingerprint density at radius 2 is 1.88 bits per heavy atom. The average Bonchev–Trinajstić information content (AvgIpc) is 2.53. The quantitative estimate of drug-likeness (QED) is 0.692. The number of carbonyl (C=O) groups is 1. The number of anilines is 1. The summed E-state index contributed by atoms with van der Waals surface area (Å²) in [5.74, 6) is 0. The third-order valence-corrected chi connectivity index (χ3v) is 4.09. The van der Waals surface area contributed by atoms with Crippen molar-refractivity contribution in [1.82, 2.24) is 4.90 Å². The summed E-state index contributed by atoms with van der Waals surface area (Å²) in [6, 6.07) is 17.8. The second-order valence-electron chi connectivity index (χ2n) is 6.06. The molecule has 0 atom stereocenters. The van der Waals surface area contributed by atoms with Crippen molar-refractivity contribution in [3.05, 3.63) is 70.2 Å². The molecule has 0 aliphatic rings. The van der Waals surface area contributed by atoms with Crippen LogP contribution < -0.4 is 5.32 Å². The van der Waals surface area contributed by atoms with Gasteiger partial charge >= 0.3 is 6.03 Å². The molecule has 0 heterocycles. The SMILES string of the molecule is C/C(=C\c1ccccc1)CN(C(=O)Nc1cccc(Br)c1)C(C)C. The lowest BCUT2D eigenvalue weighted by molar-refractivity contribution is 0.203. The number of benzene rings is 2. The number of nitrogens with one attached hydrogen (secondary N) is 1. The Balaban J connectivity index is 2.08. The van der Waals surface area contributed by atoms with Crippen LogP contribution in [0, 0.1) is 0 Å². The van der Waals surface area contributed by atoms with Crippen molar-refractivity contribution < 1.29 is 4.79 Å². The first kappa shape index (κ1) is 18.3. The summed E-state index contributed by atoms with van der Waals surface area (Å²) in [6.45, 7) is 6.69. The van der Waals surface area contributed by atoms with Gasteiger partial charge in [-0.15, -0.1) is 0 Å². The van der Waals surface area contributed by atoms with Crippen molar-refractivity contribution in [3.8, 4) is 0 Å². The minimum Gasteiger partial charge on any atom is -0.318 e. The highest BCUT2D eigenvalue weighted by atomic mass is 79.9. The molecule has 0 spiro atoms. The maximum atomic E-state index is 12.6. The topological polar surface area (TPSA) is 32.3 Å². The molecule has 0 unspecified atom stereocenters. The molecule has 0 aliphatic heterocycles. The van der Waals surface area contributed by atoms with E-state index in [1.807, 2.05) is 61.2 Å². The molecule has 3 nitrogen and oxygen atoms in total. The van der Waals surface area contributed by atoms with Gasteiger partial charge in [-0.3, -0.25) is 0 Å². The number of halogens is 1. The molecule has 126 valence electrons. The van der Waals surface area contributed by atoms with Gasteiger partial charge in [0.05, 0.1) is 0 Å². The molecule has 0 saturated heterocycles. The van der Waals surface area contributed by atoms with Crippen LogP contribution in [0.25, 0.3) is 6.08 Å². The van der Waals surface area contributed by atoms with Crippen LogP contribution in [0.2, 0.25) is 0 Å². The minimum atomic E-state index is -0.0936. The summed E-state index contributed by atoms with van der Waals surface area (Å²) in [5.41, 5.74) is 3.06. The fourth-order valence-electron chi connectivity index (χ4n) is 2.40. The van der Waals surface area contributed by atoms with E-state index >= 15 is 0 Å². The smallest absolute Gasteiger partial charge is 0.318 e. The predicted molar refractivity (Wildman–Crippen MR) is 105 cm³/mol. The molecule has 24 heavy (non-hydrogen) atoms. The molecule has 2 aromatic rings. The highest BCUT2D eigenvalue weighted by molar-refractivity contribution is 9.10. The van der Waals surface area contributed by atoms with E-state index < -0.39 is 0 Å². The van der Waals surface area contributed by atoms with Gasteiger partial charge in [-0.1, -0.05) is 64.0 Å². The standard InChI is InChI=1S/C20H23BrN2O/c1-15(2)23(14-16(3)12-17-8-5-4-6-9-17)20(24)22-19-11-7-10-18(21)13-19/h4-13,15H,14H2,1-3H3,(H,22,24)/b16-12+. The maximum absolute atomic E-state index is 12.6. The number of urea groups is 1. The Morgan fingerprint density at radius 3 is 2.50 bits per heavy atom. The summed E-state index contributed by atoms with van der Waals surface area (Å²) in [7, 11) is 0. The van der Waals surface area contributed by atoms with Crippen molar-refractivity contribution in [2.24, 2.45) is 0 Å². The monoisotopic (exact) mass is 386 g/mol. The number of rotatable bonds is 5. The average molecular weight is 387 g/mol. The Hall–Kier alpha value is -2.07. The highest BCUT2D eigenvalue weighted by Crippen LogP contribution is 2.17. The van der Waals surface area contributed by atoms with Crippen LogP contribution in [0.3, 0.4) is 0 Å². The van der Waals surface area contributed by atoms with Gasteiger partial charge in [-0.2, -0.15) is 0 Å². The van der Waals surface area contributed by atoms with E-state index in [4.69, 9.17) is 0 Å². The van der Waals surface area contributed by atoms with Crippen LogP contribution in [0.4, 0.5) is 10.5 Å². The first-order valence-corrected chi connectivity index (χ1v) is 8.80. The van der Waals surface area contributed by atoms with Crippen molar-refractivity contribution >= 4 is 33.7 Å². The zero-order chi connectivity index (χ0) is 17.5. The van der Waals surface area contributed by atoms with Gasteiger partial charge < -0.3 is 10.2 Å². The summed E-state index contributed by atoms with van der Waals surface area (Å²) in [6.07, 6.45) is 2.11. The van der Waals surface area contributed by atoms with Crippen LogP contribution in [-0.2, 0) is 0 Å². The molecular formula is C20H23BrN2O. The number of hydrogen-bond donors (Lipinski definition) is 1. The third-order valence-electron chi connectivity index (χ3n) is 3.59. The maximum Gasteiger partial charge on any atom is 0.322 e. The van der Waals surface area contributed by atoms with E-state index in [-0.39, 0.29) is 12.1 Å². The van der Waals surface area contributed by atoms with Gasteiger partial charge in [0.2, 0.25) is 0 Å². The molecule has 2 amide bonds. The zero-order valence-electron chi connectivity index (χ0n) is 14.3. The molecule has 0 fully saturated rings. The summed E-state index contributed by atoms with van der Waals surface area (Å²) in [4.78, 5) is 14.5. The van der Waals surface area contributed by atoms with E-state index in [0.29, 0.717) is 6.54 Å². The first-order chi connectivity index (χ1) is 11.5. The largest absolute Gasteiger partial charge is 0.322 e. The van der Waals surface area contributed by atoms with Crippen molar-refractivity contribution in [3.63, 3.8) is 0 Å². The lowest BCUT2D eigenvalue weighted by Crippen LogP contribution is -2.41. The summed E-state index contributed by atoms with van der Waals surface area (Å²) in [5, 5.41) is 2.96. The fourth-order valence-corrected chi connectivity index (χ4v) is 2.80. The summed E-state index contributed by atoms with van der Waals surface area (Å²) >= 11 is 3.42. The molecule has 2 aromatic carbocycles. The van der Waals surface area contributed by atoms with E-state index in [1.54, 1.807) is 0 Å². The minimum absolute atomic E-state index is 0.0936. The van der Waals surface area contributed by atoms with Gasteiger partial charge in [0.15, 0.2) is 0 Å². The molecule has 0 aromatic heterocycles. The van der Waals surface area contributed by atoms with Gasteiger partial charge in [0.1, 0.15) is 0 Å². The lowest BCUT2D eigenvalue weighted by Gasteiger charge is -2.27. The van der Waals surface area contributed by atoms with E-state index in [2.05, 4.69) is 46.4 Å². The van der Waals surface area contributed by atoms with E-state index in [9.17, 15) is 4.79 Å². The van der Waals surface area contributed by atoms with Gasteiger partial charge in [-0.25, -0.2) is 4.79 Å². The number of hydrogen-bond acceptors (Lipinski definition) is 1. The van der Waals surface area contributed by atoms with Gasteiger partial charge in [0, 0.05) is 22.7 Å². The van der Waals surface area contributed by atoms with Crippen LogP contribution in [0.5, 0.6) is 0 Å². The second-order valence-corrected chi connectivity index (χ2v) is 6.98. The molecule has 0 radical (unpaired) electrons. The highest BCUT2D eigenvalue weighted by Gasteiger charge is 2.17. The van der Waals surface area contributed by atoms with Crippen molar-refractivity contribution in [2.45, 2.75) is 26.8 Å². The molecular weight excluding hydrogens is 364 g/mol. The molecule has 0 bridgehead atoms. The van der Waals surface area contributed by atoms with E-state index in [0.717, 1.165) is 21.3 Å². The van der Waals surface area contributed by atoms with Gasteiger partial charge in [-0.05, 0) is 44.5 Å². The third kappa shape index (κ3) is 5.53. The molecule has 4 heteroatoms. The number of amides is 2. The predicted octanol–water partition coefficient (Wildman–Crippen LogP) is 5.79.